The van der Waals surface area contributed by atoms with Crippen molar-refractivity contribution in [3.05, 3.63) is 38.3 Å². The predicted octanol–water partition coefficient (Wildman–Crippen LogP) is 2.94. The number of thioether (sulfide) groups is 1. The third-order valence-corrected chi connectivity index (χ3v) is 3.96. The quantitative estimate of drug-likeness (QED) is 0.664. The molecule has 2 aromatic rings. The fourth-order valence-corrected chi connectivity index (χ4v) is 2.61. The van der Waals surface area contributed by atoms with E-state index in [1.54, 1.807) is 18.4 Å². The number of ether oxygens (including phenoxy) is 1. The fraction of sp³-hybridized carbons (Fsp3) is 0.154. The van der Waals surface area contributed by atoms with Gasteiger partial charge in [-0.25, -0.2) is 9.37 Å². The highest BCUT2D eigenvalue weighted by Gasteiger charge is 2.21. The molecule has 8 heteroatoms. The van der Waals surface area contributed by atoms with Crippen LogP contribution in [0.1, 0.15) is 5.56 Å². The molecule has 1 aromatic heterocycles. The first-order chi connectivity index (χ1) is 10.0. The summed E-state index contributed by atoms with van der Waals surface area (Å²) in [6, 6.07) is 4.77. The Hall–Kier alpha value is -1.85. The number of hydrogen-bond donors (Lipinski definition) is 1. The first kappa shape index (κ1) is 15.5. The van der Waals surface area contributed by atoms with Crippen molar-refractivity contribution in [1.29, 1.82) is 5.26 Å². The molecule has 0 aliphatic heterocycles. The highest BCUT2D eigenvalue weighted by atomic mass is 79.9. The van der Waals surface area contributed by atoms with E-state index in [0.29, 0.717) is 9.63 Å². The normalized spacial score (nSPS) is 10.2. The standard InChI is InChI=1S/C13H9BrFN3O2S/c1-20-8-4-3-7(14)9(10(8)15)11-6(5-16)12(19)18-13(17-11)21-2/h3-4H,1-2H3,(H,17,18,19). The van der Waals surface area contributed by atoms with Gasteiger partial charge in [0.1, 0.15) is 17.3 Å². The molecule has 0 spiro atoms. The van der Waals surface area contributed by atoms with Crippen LogP contribution in [0.2, 0.25) is 0 Å². The minimum absolute atomic E-state index is 0.00451. The molecule has 0 unspecified atom stereocenters. The maximum atomic E-state index is 14.5. The monoisotopic (exact) mass is 369 g/mol. The second kappa shape index (κ2) is 6.28. The van der Waals surface area contributed by atoms with E-state index >= 15 is 0 Å². The van der Waals surface area contributed by atoms with Gasteiger partial charge in [-0.05, 0) is 34.3 Å². The minimum atomic E-state index is -0.687. The summed E-state index contributed by atoms with van der Waals surface area (Å²) in [5, 5.41) is 9.44. The lowest BCUT2D eigenvalue weighted by molar-refractivity contribution is 0.387. The zero-order valence-electron chi connectivity index (χ0n) is 11.0. The summed E-state index contributed by atoms with van der Waals surface area (Å²) in [6.45, 7) is 0. The molecule has 108 valence electrons. The molecule has 0 saturated heterocycles. The van der Waals surface area contributed by atoms with Crippen molar-refractivity contribution >= 4 is 27.7 Å². The third kappa shape index (κ3) is 2.80. The molecule has 1 N–H and O–H groups in total. The lowest BCUT2D eigenvalue weighted by Gasteiger charge is -2.11. The van der Waals surface area contributed by atoms with Gasteiger partial charge < -0.3 is 9.72 Å². The number of benzene rings is 1. The number of methoxy groups -OCH3 is 1. The van der Waals surface area contributed by atoms with Crippen LogP contribution in [-0.2, 0) is 0 Å². The second-order valence-electron chi connectivity index (χ2n) is 3.85. The highest BCUT2D eigenvalue weighted by molar-refractivity contribution is 9.10. The van der Waals surface area contributed by atoms with Gasteiger partial charge >= 0.3 is 0 Å². The average molecular weight is 370 g/mol. The van der Waals surface area contributed by atoms with E-state index in [1.165, 1.54) is 24.9 Å². The molecule has 0 radical (unpaired) electrons. The molecular weight excluding hydrogens is 361 g/mol. The minimum Gasteiger partial charge on any atom is -0.494 e. The maximum absolute atomic E-state index is 14.5. The summed E-state index contributed by atoms with van der Waals surface area (Å²) < 4.78 is 19.8. The van der Waals surface area contributed by atoms with Crippen molar-refractivity contribution in [2.24, 2.45) is 0 Å². The van der Waals surface area contributed by atoms with Crippen LogP contribution in [0.5, 0.6) is 5.75 Å². The Bertz CT molecular complexity index is 801. The smallest absolute Gasteiger partial charge is 0.270 e. The lowest BCUT2D eigenvalue weighted by atomic mass is 10.1. The van der Waals surface area contributed by atoms with E-state index in [9.17, 15) is 9.18 Å². The molecule has 21 heavy (non-hydrogen) atoms. The Balaban J connectivity index is 2.88. The molecular formula is C13H9BrFN3O2S. The van der Waals surface area contributed by atoms with Crippen molar-refractivity contribution in [3.63, 3.8) is 0 Å². The van der Waals surface area contributed by atoms with E-state index in [1.807, 2.05) is 0 Å². The maximum Gasteiger partial charge on any atom is 0.270 e. The van der Waals surface area contributed by atoms with Crippen LogP contribution in [0.3, 0.4) is 0 Å². The van der Waals surface area contributed by atoms with Crippen molar-refractivity contribution in [3.8, 4) is 23.1 Å². The van der Waals surface area contributed by atoms with Gasteiger partial charge in [0, 0.05) is 4.47 Å². The van der Waals surface area contributed by atoms with Crippen molar-refractivity contribution < 1.29 is 9.13 Å². The number of nitrogens with one attached hydrogen (secondary N) is 1. The first-order valence-corrected chi connectivity index (χ1v) is 7.66. The van der Waals surface area contributed by atoms with Crippen LogP contribution in [0.15, 0.2) is 26.6 Å². The van der Waals surface area contributed by atoms with Crippen molar-refractivity contribution in [1.82, 2.24) is 9.97 Å². The number of aromatic amines is 1. The number of nitrogens with zero attached hydrogens (tertiary/aromatic N) is 2. The molecule has 0 aliphatic carbocycles. The van der Waals surface area contributed by atoms with Crippen molar-refractivity contribution in [2.45, 2.75) is 5.16 Å². The van der Waals surface area contributed by atoms with Gasteiger partial charge in [0.05, 0.1) is 12.7 Å². The highest BCUT2D eigenvalue weighted by Crippen LogP contribution is 2.35. The zero-order chi connectivity index (χ0) is 15.6. The molecule has 0 amide bonds. The zero-order valence-corrected chi connectivity index (χ0v) is 13.4. The first-order valence-electron chi connectivity index (χ1n) is 5.64. The Labute approximate surface area is 132 Å². The Kier molecular flexibility index (Phi) is 4.65. The van der Waals surface area contributed by atoms with Crippen LogP contribution in [0.4, 0.5) is 4.39 Å². The summed E-state index contributed by atoms with van der Waals surface area (Å²) in [5.74, 6) is -0.682. The number of halogens is 2. The van der Waals surface area contributed by atoms with E-state index < -0.39 is 11.4 Å². The van der Waals surface area contributed by atoms with E-state index in [-0.39, 0.29) is 22.6 Å². The van der Waals surface area contributed by atoms with Gasteiger partial charge in [-0.2, -0.15) is 5.26 Å². The summed E-state index contributed by atoms with van der Waals surface area (Å²) in [4.78, 5) is 18.5. The number of hydrogen-bond acceptors (Lipinski definition) is 5. The lowest BCUT2D eigenvalue weighted by Crippen LogP contribution is -2.15. The SMILES string of the molecule is COc1ccc(Br)c(-c2nc(SC)[nH]c(=O)c2C#N)c1F. The van der Waals surface area contributed by atoms with Crippen LogP contribution in [-0.4, -0.2) is 23.3 Å². The largest absolute Gasteiger partial charge is 0.494 e. The molecule has 1 aromatic carbocycles. The van der Waals surface area contributed by atoms with Gasteiger partial charge in [-0.15, -0.1) is 0 Å². The molecule has 0 bridgehead atoms. The Morgan fingerprint density at radius 2 is 2.24 bits per heavy atom. The molecule has 1 heterocycles. The second-order valence-corrected chi connectivity index (χ2v) is 5.50. The summed E-state index contributed by atoms with van der Waals surface area (Å²) >= 11 is 4.41. The predicted molar refractivity (Wildman–Crippen MR) is 81.0 cm³/mol. The Morgan fingerprint density at radius 1 is 1.52 bits per heavy atom. The summed E-state index contributed by atoms with van der Waals surface area (Å²) in [6.07, 6.45) is 1.71. The topological polar surface area (TPSA) is 78.8 Å². The van der Waals surface area contributed by atoms with E-state index in [0.717, 1.165) is 0 Å². The molecule has 0 atom stereocenters. The van der Waals surface area contributed by atoms with Gasteiger partial charge in [0.15, 0.2) is 16.7 Å². The number of aromatic nitrogens is 2. The average Bonchev–Trinajstić information content (AvgIpc) is 2.47. The number of nitriles is 1. The van der Waals surface area contributed by atoms with Gasteiger partial charge in [0.2, 0.25) is 0 Å². The van der Waals surface area contributed by atoms with Crippen LogP contribution in [0, 0.1) is 17.1 Å². The van der Waals surface area contributed by atoms with Gasteiger partial charge in [0.25, 0.3) is 5.56 Å². The van der Waals surface area contributed by atoms with E-state index in [4.69, 9.17) is 10.00 Å². The Morgan fingerprint density at radius 3 is 2.81 bits per heavy atom. The van der Waals surface area contributed by atoms with Crippen LogP contribution in [0.25, 0.3) is 11.3 Å². The summed E-state index contributed by atoms with van der Waals surface area (Å²) in [7, 11) is 1.33. The van der Waals surface area contributed by atoms with Gasteiger partial charge in [-0.3, -0.25) is 4.79 Å². The molecule has 2 rings (SSSR count). The molecule has 0 saturated carbocycles. The number of rotatable bonds is 3. The number of H-pyrrole nitrogens is 1. The molecule has 0 fully saturated rings. The van der Waals surface area contributed by atoms with Crippen molar-refractivity contribution in [2.75, 3.05) is 13.4 Å². The molecule has 5 nitrogen and oxygen atoms in total. The fourth-order valence-electron chi connectivity index (χ4n) is 1.74. The van der Waals surface area contributed by atoms with Gasteiger partial charge in [-0.1, -0.05) is 11.8 Å². The van der Waals surface area contributed by atoms with Crippen LogP contribution >= 0.6 is 27.7 Å². The van der Waals surface area contributed by atoms with E-state index in [2.05, 4.69) is 25.9 Å². The molecule has 0 aliphatic rings. The summed E-state index contributed by atoms with van der Waals surface area (Å²) in [5.41, 5.74) is -0.859. The third-order valence-electron chi connectivity index (χ3n) is 2.72. The van der Waals surface area contributed by atoms with Crippen LogP contribution < -0.4 is 10.3 Å².